The van der Waals surface area contributed by atoms with E-state index in [0.29, 0.717) is 10.8 Å². The Bertz CT molecular complexity index is 695. The van der Waals surface area contributed by atoms with Crippen LogP contribution in [0.2, 0.25) is 5.15 Å². The van der Waals surface area contributed by atoms with Gasteiger partial charge in [-0.15, -0.1) is 10.2 Å². The van der Waals surface area contributed by atoms with Crippen LogP contribution in [0.4, 0.5) is 0 Å². The topological polar surface area (TPSA) is 43.1 Å². The molecule has 0 saturated carbocycles. The van der Waals surface area contributed by atoms with Gasteiger partial charge in [0, 0.05) is 15.2 Å². The second-order valence-corrected chi connectivity index (χ2v) is 4.99. The molecule has 3 aromatic rings. The molecule has 0 aliphatic heterocycles. The van der Waals surface area contributed by atoms with Gasteiger partial charge in [0.2, 0.25) is 0 Å². The van der Waals surface area contributed by atoms with Crippen LogP contribution in [0.5, 0.6) is 0 Å². The van der Waals surface area contributed by atoms with E-state index in [1.165, 1.54) is 0 Å². The molecule has 2 aromatic heterocycles. The zero-order valence-corrected chi connectivity index (χ0v) is 11.4. The lowest BCUT2D eigenvalue weighted by Crippen LogP contribution is -1.92. The average Bonchev–Trinajstić information content (AvgIpc) is 2.72. The zero-order valence-electron chi connectivity index (χ0n) is 8.51. The Hall–Kier alpha value is -1.21. The van der Waals surface area contributed by atoms with Crippen LogP contribution < -0.4 is 0 Å². The summed E-state index contributed by atoms with van der Waals surface area (Å²) < 4.78 is 2.94. The van der Waals surface area contributed by atoms with Crippen molar-refractivity contribution >= 4 is 39.8 Å². The van der Waals surface area contributed by atoms with Gasteiger partial charge >= 0.3 is 0 Å². The van der Waals surface area contributed by atoms with E-state index in [2.05, 4.69) is 37.8 Å². The minimum atomic E-state index is 0.416. The Morgan fingerprint density at radius 1 is 1.18 bits per heavy atom. The number of rotatable bonds is 1. The molecule has 1 aromatic carbocycles. The van der Waals surface area contributed by atoms with E-state index in [1.54, 1.807) is 12.4 Å². The number of halogens is 2. The fraction of sp³-hybridized carbons (Fsp3) is 0. The second kappa shape index (κ2) is 4.23. The molecule has 84 valence electrons. The van der Waals surface area contributed by atoms with E-state index in [4.69, 9.17) is 11.6 Å². The monoisotopic (exact) mass is 356 g/mol. The fourth-order valence-electron chi connectivity index (χ4n) is 1.60. The number of hydrogen-bond acceptors (Lipinski definition) is 3. The molecule has 0 spiro atoms. The van der Waals surface area contributed by atoms with Crippen LogP contribution in [-0.4, -0.2) is 19.6 Å². The highest BCUT2D eigenvalue weighted by atomic mass is 127. The average molecular weight is 357 g/mol. The van der Waals surface area contributed by atoms with Gasteiger partial charge in [0.1, 0.15) is 11.5 Å². The molecule has 17 heavy (non-hydrogen) atoms. The Morgan fingerprint density at radius 3 is 2.82 bits per heavy atom. The largest absolute Gasteiger partial charge is 0.265 e. The summed E-state index contributed by atoms with van der Waals surface area (Å²) in [5, 5.41) is 8.68. The molecular formula is C11H6ClIN4. The van der Waals surface area contributed by atoms with Crippen molar-refractivity contribution in [2.75, 3.05) is 0 Å². The first-order valence-electron chi connectivity index (χ1n) is 4.87. The minimum absolute atomic E-state index is 0.416. The smallest absolute Gasteiger partial charge is 0.170 e. The maximum absolute atomic E-state index is 5.81. The van der Waals surface area contributed by atoms with E-state index in [9.17, 15) is 0 Å². The van der Waals surface area contributed by atoms with Crippen molar-refractivity contribution in [3.8, 4) is 11.4 Å². The first kappa shape index (κ1) is 10.9. The van der Waals surface area contributed by atoms with E-state index in [-0.39, 0.29) is 0 Å². The number of aromatic nitrogens is 4. The molecule has 0 N–H and O–H groups in total. The normalized spacial score (nSPS) is 10.9. The van der Waals surface area contributed by atoms with E-state index >= 15 is 0 Å². The van der Waals surface area contributed by atoms with Crippen molar-refractivity contribution < 1.29 is 0 Å². The summed E-state index contributed by atoms with van der Waals surface area (Å²) in [6.07, 6.45) is 1.64. The lowest BCUT2D eigenvalue weighted by atomic mass is 10.2. The van der Waals surface area contributed by atoms with Crippen molar-refractivity contribution in [2.45, 2.75) is 0 Å². The number of fused-ring (bicyclic) bond motifs is 1. The Balaban J connectivity index is 2.29. The van der Waals surface area contributed by atoms with Crippen molar-refractivity contribution in [3.63, 3.8) is 0 Å². The van der Waals surface area contributed by atoms with Gasteiger partial charge in [-0.2, -0.15) is 0 Å². The van der Waals surface area contributed by atoms with Gasteiger partial charge in [-0.3, -0.25) is 4.40 Å². The second-order valence-electron chi connectivity index (χ2n) is 3.44. The molecule has 6 heteroatoms. The molecule has 3 rings (SSSR count). The third-order valence-electron chi connectivity index (χ3n) is 2.38. The van der Waals surface area contributed by atoms with Crippen molar-refractivity contribution in [1.29, 1.82) is 0 Å². The Morgan fingerprint density at radius 2 is 2.00 bits per heavy atom. The number of benzene rings is 1. The molecule has 0 saturated heterocycles. The van der Waals surface area contributed by atoms with Gasteiger partial charge < -0.3 is 0 Å². The van der Waals surface area contributed by atoms with Crippen LogP contribution in [0.1, 0.15) is 0 Å². The van der Waals surface area contributed by atoms with Crippen molar-refractivity contribution in [1.82, 2.24) is 19.6 Å². The SMILES string of the molecule is Clc1cc2nnc(-c3ccccc3I)n2cn1. The molecular weight excluding hydrogens is 351 g/mol. The maximum Gasteiger partial charge on any atom is 0.170 e. The van der Waals surface area contributed by atoms with Crippen LogP contribution in [0, 0.1) is 3.57 Å². The molecule has 0 atom stereocenters. The number of nitrogens with zero attached hydrogens (tertiary/aromatic N) is 4. The molecule has 0 bridgehead atoms. The quantitative estimate of drug-likeness (QED) is 0.497. The third kappa shape index (κ3) is 1.89. The zero-order chi connectivity index (χ0) is 11.8. The van der Waals surface area contributed by atoms with Crippen LogP contribution in [0.15, 0.2) is 36.7 Å². The standard InChI is InChI=1S/C11H6ClIN4/c12-9-5-10-15-16-11(17(10)6-14-9)7-3-1-2-4-8(7)13/h1-6H. The molecule has 2 heterocycles. The Kier molecular flexibility index (Phi) is 2.71. The van der Waals surface area contributed by atoms with E-state index in [0.717, 1.165) is 15.0 Å². The minimum Gasteiger partial charge on any atom is -0.265 e. The number of hydrogen-bond donors (Lipinski definition) is 0. The Labute approximate surface area is 116 Å². The molecule has 0 unspecified atom stereocenters. The van der Waals surface area contributed by atoms with Gasteiger partial charge in [0.25, 0.3) is 0 Å². The van der Waals surface area contributed by atoms with E-state index in [1.807, 2.05) is 28.7 Å². The van der Waals surface area contributed by atoms with Crippen LogP contribution >= 0.6 is 34.2 Å². The first-order valence-corrected chi connectivity index (χ1v) is 6.32. The fourth-order valence-corrected chi connectivity index (χ4v) is 2.37. The predicted molar refractivity (Wildman–Crippen MR) is 73.9 cm³/mol. The molecule has 4 nitrogen and oxygen atoms in total. The molecule has 0 aliphatic rings. The first-order chi connectivity index (χ1) is 8.25. The summed E-state index contributed by atoms with van der Waals surface area (Å²) in [7, 11) is 0. The molecule has 0 amide bonds. The highest BCUT2D eigenvalue weighted by Gasteiger charge is 2.10. The summed E-state index contributed by atoms with van der Waals surface area (Å²) >= 11 is 8.08. The van der Waals surface area contributed by atoms with Crippen molar-refractivity contribution in [3.05, 3.63) is 45.4 Å². The third-order valence-corrected chi connectivity index (χ3v) is 3.53. The summed E-state index contributed by atoms with van der Waals surface area (Å²) in [6.45, 7) is 0. The van der Waals surface area contributed by atoms with Crippen LogP contribution in [0.25, 0.3) is 17.0 Å². The van der Waals surface area contributed by atoms with Crippen LogP contribution in [0.3, 0.4) is 0 Å². The van der Waals surface area contributed by atoms with Crippen LogP contribution in [-0.2, 0) is 0 Å². The lowest BCUT2D eigenvalue weighted by Gasteiger charge is -2.01. The molecule has 0 fully saturated rings. The van der Waals surface area contributed by atoms with Gasteiger partial charge in [-0.25, -0.2) is 4.98 Å². The highest BCUT2D eigenvalue weighted by Crippen LogP contribution is 2.23. The van der Waals surface area contributed by atoms with E-state index < -0.39 is 0 Å². The molecule has 0 radical (unpaired) electrons. The highest BCUT2D eigenvalue weighted by molar-refractivity contribution is 14.1. The van der Waals surface area contributed by atoms with Crippen molar-refractivity contribution in [2.24, 2.45) is 0 Å². The summed E-state index contributed by atoms with van der Waals surface area (Å²) in [6, 6.07) is 9.69. The summed E-state index contributed by atoms with van der Waals surface area (Å²) in [5.41, 5.74) is 1.73. The summed E-state index contributed by atoms with van der Waals surface area (Å²) in [5.74, 6) is 0.772. The molecule has 0 aliphatic carbocycles. The summed E-state index contributed by atoms with van der Waals surface area (Å²) in [4.78, 5) is 4.04. The van der Waals surface area contributed by atoms with Gasteiger partial charge in [-0.05, 0) is 28.7 Å². The predicted octanol–water partition coefficient (Wildman–Crippen LogP) is 3.05. The van der Waals surface area contributed by atoms with Gasteiger partial charge in [-0.1, -0.05) is 29.8 Å². The lowest BCUT2D eigenvalue weighted by molar-refractivity contribution is 1.08. The van der Waals surface area contributed by atoms with Gasteiger partial charge in [0.05, 0.1) is 0 Å². The van der Waals surface area contributed by atoms with Gasteiger partial charge in [0.15, 0.2) is 11.5 Å². The maximum atomic E-state index is 5.81.